The van der Waals surface area contributed by atoms with Crippen molar-refractivity contribution < 1.29 is 9.53 Å². The minimum absolute atomic E-state index is 0.0698. The van der Waals surface area contributed by atoms with E-state index in [1.807, 2.05) is 26.0 Å². The quantitative estimate of drug-likeness (QED) is 0.768. The van der Waals surface area contributed by atoms with Gasteiger partial charge < -0.3 is 15.0 Å². The van der Waals surface area contributed by atoms with E-state index in [1.165, 1.54) is 0 Å². The number of nitrogens with one attached hydrogen (secondary N) is 1. The second kappa shape index (κ2) is 9.58. The van der Waals surface area contributed by atoms with Crippen molar-refractivity contribution in [1.29, 1.82) is 5.26 Å². The molecule has 1 atom stereocenters. The molecule has 27 heavy (non-hydrogen) atoms. The van der Waals surface area contributed by atoms with E-state index in [9.17, 15) is 10.1 Å². The Labute approximate surface area is 160 Å². The topological polar surface area (TPSA) is 78.3 Å². The second-order valence-electron chi connectivity index (χ2n) is 6.46. The monoisotopic (exact) mass is 366 g/mol. The number of para-hydroxylation sites is 1. The largest absolute Gasteiger partial charge is 0.479 e. The Morgan fingerprint density at radius 2 is 1.93 bits per heavy atom. The maximum absolute atomic E-state index is 12.7. The molecule has 0 aliphatic heterocycles. The molecule has 6 heteroatoms. The number of nitrogens with zero attached hydrogens (tertiary/aromatic N) is 3. The molecule has 1 aromatic carbocycles. The highest BCUT2D eigenvalue weighted by molar-refractivity contribution is 5.94. The van der Waals surface area contributed by atoms with Gasteiger partial charge in [-0.15, -0.1) is 0 Å². The van der Waals surface area contributed by atoms with Crippen LogP contribution in [-0.4, -0.2) is 30.1 Å². The first-order chi connectivity index (χ1) is 13.0. The van der Waals surface area contributed by atoms with Gasteiger partial charge in [-0.2, -0.15) is 5.26 Å². The molecule has 2 rings (SSSR count). The molecule has 0 spiro atoms. The number of hydrogen-bond acceptors (Lipinski definition) is 5. The zero-order chi connectivity index (χ0) is 19.8. The van der Waals surface area contributed by atoms with Crippen molar-refractivity contribution in [3.05, 3.63) is 48.2 Å². The van der Waals surface area contributed by atoms with Crippen LogP contribution in [0.3, 0.4) is 0 Å². The predicted molar refractivity (Wildman–Crippen MR) is 107 cm³/mol. The van der Waals surface area contributed by atoms with E-state index in [2.05, 4.69) is 35.1 Å². The van der Waals surface area contributed by atoms with Gasteiger partial charge in [0.1, 0.15) is 17.6 Å². The maximum Gasteiger partial charge on any atom is 0.265 e. The summed E-state index contributed by atoms with van der Waals surface area (Å²) in [7, 11) is 0. The molecule has 1 unspecified atom stereocenters. The number of anilines is 2. The normalized spacial score (nSPS) is 11.6. The summed E-state index contributed by atoms with van der Waals surface area (Å²) in [6.45, 7) is 9.70. The molecule has 2 aromatic rings. The number of rotatable bonds is 8. The number of ether oxygens (including phenoxy) is 1. The summed E-state index contributed by atoms with van der Waals surface area (Å²) in [6, 6.07) is 12.7. The molecular formula is C21H26N4O2. The molecule has 142 valence electrons. The molecule has 0 saturated carbocycles. The Morgan fingerprint density at radius 3 is 2.48 bits per heavy atom. The molecule has 0 radical (unpaired) electrons. The lowest BCUT2D eigenvalue weighted by molar-refractivity contribution is -0.124. The molecule has 6 nitrogen and oxygen atoms in total. The third-order valence-electron chi connectivity index (χ3n) is 4.23. The number of pyridine rings is 1. The van der Waals surface area contributed by atoms with Crippen LogP contribution in [0.1, 0.15) is 33.3 Å². The average molecular weight is 366 g/mol. The van der Waals surface area contributed by atoms with E-state index < -0.39 is 6.10 Å². The molecule has 0 aliphatic carbocycles. The molecule has 0 aliphatic rings. The fourth-order valence-corrected chi connectivity index (χ4v) is 2.70. The highest BCUT2D eigenvalue weighted by atomic mass is 16.5. The lowest BCUT2D eigenvalue weighted by Crippen LogP contribution is -2.37. The third-order valence-corrected chi connectivity index (χ3v) is 4.23. The zero-order valence-corrected chi connectivity index (χ0v) is 16.3. The molecule has 1 N–H and O–H groups in total. The first-order valence-electron chi connectivity index (χ1n) is 9.17. The Kier molecular flexibility index (Phi) is 7.18. The lowest BCUT2D eigenvalue weighted by Gasteiger charge is -2.23. The number of aromatic nitrogens is 1. The van der Waals surface area contributed by atoms with E-state index >= 15 is 0 Å². The van der Waals surface area contributed by atoms with Crippen LogP contribution < -0.4 is 15.0 Å². The van der Waals surface area contributed by atoms with Gasteiger partial charge in [0.15, 0.2) is 6.10 Å². The summed E-state index contributed by atoms with van der Waals surface area (Å²) in [6.07, 6.45) is 0.925. The number of carbonyl (C=O) groups excluding carboxylic acids is 1. The number of nitriles is 1. The van der Waals surface area contributed by atoms with E-state index in [1.54, 1.807) is 30.5 Å². The summed E-state index contributed by atoms with van der Waals surface area (Å²) in [5, 5.41) is 12.1. The fourth-order valence-electron chi connectivity index (χ4n) is 2.70. The number of hydrogen-bond donors (Lipinski definition) is 1. The predicted octanol–water partition coefficient (Wildman–Crippen LogP) is 3.84. The van der Waals surface area contributed by atoms with Crippen molar-refractivity contribution >= 4 is 17.4 Å². The lowest BCUT2D eigenvalue weighted by atomic mass is 10.1. The summed E-state index contributed by atoms with van der Waals surface area (Å²) < 4.78 is 5.87. The van der Waals surface area contributed by atoms with Crippen LogP contribution in [-0.2, 0) is 4.79 Å². The van der Waals surface area contributed by atoms with Crippen LogP contribution in [0.15, 0.2) is 42.6 Å². The van der Waals surface area contributed by atoms with Crippen molar-refractivity contribution in [3.8, 4) is 11.8 Å². The zero-order valence-electron chi connectivity index (χ0n) is 16.3. The van der Waals surface area contributed by atoms with Gasteiger partial charge in [-0.3, -0.25) is 4.79 Å². The summed E-state index contributed by atoms with van der Waals surface area (Å²) in [5.74, 6) is 0.941. The van der Waals surface area contributed by atoms with E-state index in [0.717, 1.165) is 18.9 Å². The van der Waals surface area contributed by atoms with E-state index in [0.29, 0.717) is 17.0 Å². The van der Waals surface area contributed by atoms with Crippen LogP contribution in [0.4, 0.5) is 11.5 Å². The number of benzene rings is 1. The Hall–Kier alpha value is -3.07. The second-order valence-corrected chi connectivity index (χ2v) is 6.46. The van der Waals surface area contributed by atoms with Gasteiger partial charge in [0.25, 0.3) is 5.91 Å². The highest BCUT2D eigenvalue weighted by Gasteiger charge is 2.25. The number of carbonyl (C=O) groups is 1. The van der Waals surface area contributed by atoms with Gasteiger partial charge in [0.05, 0.1) is 17.4 Å². The first kappa shape index (κ1) is 20.2. The van der Waals surface area contributed by atoms with E-state index in [4.69, 9.17) is 4.74 Å². The van der Waals surface area contributed by atoms with Crippen LogP contribution in [0.2, 0.25) is 0 Å². The first-order valence-corrected chi connectivity index (χ1v) is 9.17. The van der Waals surface area contributed by atoms with Gasteiger partial charge in [-0.1, -0.05) is 26.0 Å². The molecule has 1 heterocycles. The van der Waals surface area contributed by atoms with Gasteiger partial charge >= 0.3 is 0 Å². The molecule has 0 saturated heterocycles. The minimum atomic E-state index is -0.720. The van der Waals surface area contributed by atoms with Crippen LogP contribution >= 0.6 is 0 Å². The number of amides is 1. The van der Waals surface area contributed by atoms with Gasteiger partial charge in [-0.05, 0) is 44.0 Å². The Morgan fingerprint density at radius 1 is 1.22 bits per heavy atom. The molecule has 1 aromatic heterocycles. The Bertz CT molecular complexity index is 793. The SMILES string of the molecule is CCN(CC)c1ccc(NC(=O)C(Oc2ccccc2C#N)C(C)C)cn1. The van der Waals surface area contributed by atoms with Crippen LogP contribution in [0.5, 0.6) is 5.75 Å². The van der Waals surface area contributed by atoms with Crippen molar-refractivity contribution in [2.45, 2.75) is 33.8 Å². The van der Waals surface area contributed by atoms with Gasteiger partial charge in [0.2, 0.25) is 0 Å². The molecule has 1 amide bonds. The van der Waals surface area contributed by atoms with Crippen molar-refractivity contribution in [3.63, 3.8) is 0 Å². The van der Waals surface area contributed by atoms with Crippen molar-refractivity contribution in [2.75, 3.05) is 23.3 Å². The molecule has 0 fully saturated rings. The standard InChI is InChI=1S/C21H26N4O2/c1-5-25(6-2)19-12-11-17(14-23-19)24-21(26)20(15(3)4)27-18-10-8-7-9-16(18)13-22/h7-12,14-15,20H,5-6H2,1-4H3,(H,24,26). The molecule has 0 bridgehead atoms. The fraction of sp³-hybridized carbons (Fsp3) is 0.381. The summed E-state index contributed by atoms with van der Waals surface area (Å²) >= 11 is 0. The smallest absolute Gasteiger partial charge is 0.265 e. The summed E-state index contributed by atoms with van der Waals surface area (Å²) in [4.78, 5) is 19.3. The van der Waals surface area contributed by atoms with Crippen LogP contribution in [0, 0.1) is 17.2 Å². The highest BCUT2D eigenvalue weighted by Crippen LogP contribution is 2.22. The average Bonchev–Trinajstić information content (AvgIpc) is 2.68. The van der Waals surface area contributed by atoms with Gasteiger partial charge in [0, 0.05) is 13.1 Å². The van der Waals surface area contributed by atoms with Crippen molar-refractivity contribution in [2.24, 2.45) is 5.92 Å². The summed E-state index contributed by atoms with van der Waals surface area (Å²) in [5.41, 5.74) is 1.01. The maximum atomic E-state index is 12.7. The van der Waals surface area contributed by atoms with Crippen LogP contribution in [0.25, 0.3) is 0 Å². The minimum Gasteiger partial charge on any atom is -0.479 e. The third kappa shape index (κ3) is 5.20. The van der Waals surface area contributed by atoms with Gasteiger partial charge in [-0.25, -0.2) is 4.98 Å². The van der Waals surface area contributed by atoms with Crippen molar-refractivity contribution in [1.82, 2.24) is 4.98 Å². The van der Waals surface area contributed by atoms with E-state index in [-0.39, 0.29) is 11.8 Å². The Balaban J connectivity index is 2.12. The molecular weight excluding hydrogens is 340 g/mol.